The van der Waals surface area contributed by atoms with Gasteiger partial charge in [-0.2, -0.15) is 0 Å². The number of carboxylic acids is 1. The molecule has 0 bridgehead atoms. The highest BCUT2D eigenvalue weighted by atomic mass is 19.1. The molecule has 166 valence electrons. The zero-order valence-electron chi connectivity index (χ0n) is 18.1. The molecule has 2 aromatic carbocycles. The van der Waals surface area contributed by atoms with Crippen LogP contribution in [0.25, 0.3) is 0 Å². The fraction of sp³-hybridized carbons (Fsp3) is 0.500. The number of benzene rings is 2. The molecule has 2 saturated carbocycles. The number of rotatable bonds is 9. The molecule has 0 heterocycles. The first-order valence-corrected chi connectivity index (χ1v) is 11.3. The lowest BCUT2D eigenvalue weighted by Crippen LogP contribution is -2.20. The van der Waals surface area contributed by atoms with Crippen LogP contribution >= 0.6 is 0 Å². The lowest BCUT2D eigenvalue weighted by atomic mass is 9.79. The van der Waals surface area contributed by atoms with Crippen molar-refractivity contribution >= 4 is 5.97 Å². The Morgan fingerprint density at radius 1 is 1.06 bits per heavy atom. The predicted molar refractivity (Wildman–Crippen MR) is 117 cm³/mol. The van der Waals surface area contributed by atoms with Crippen molar-refractivity contribution in [3.05, 3.63) is 59.4 Å². The smallest absolute Gasteiger partial charge is 0.303 e. The Morgan fingerprint density at radius 3 is 2.52 bits per heavy atom. The Balaban J connectivity index is 1.31. The summed E-state index contributed by atoms with van der Waals surface area (Å²) in [6.45, 7) is 0.643. The zero-order valence-corrected chi connectivity index (χ0v) is 18.1. The average molecular weight is 427 g/mol. The standard InChI is InChI=1S/C26H31FO4/c1-30-21-11-12-25(27)24(14-21)19-7-5-17(6-8-19)16-31-22-4-2-3-20(13-22)23(15-26(28)29)18-9-10-18/h2-4,11-14,17-19,23H,5-10,15-16H2,1H3,(H,28,29)/t17-,19+,23?. The summed E-state index contributed by atoms with van der Waals surface area (Å²) in [5, 5.41) is 9.25. The highest BCUT2D eigenvalue weighted by Crippen LogP contribution is 2.45. The molecule has 0 saturated heterocycles. The quantitative estimate of drug-likeness (QED) is 0.522. The van der Waals surface area contributed by atoms with Gasteiger partial charge in [0.2, 0.25) is 0 Å². The van der Waals surface area contributed by atoms with Gasteiger partial charge in [0.25, 0.3) is 0 Å². The van der Waals surface area contributed by atoms with Gasteiger partial charge < -0.3 is 14.6 Å². The van der Waals surface area contributed by atoms with E-state index >= 15 is 0 Å². The highest BCUT2D eigenvalue weighted by Gasteiger charge is 2.34. The number of halogens is 1. The zero-order chi connectivity index (χ0) is 21.8. The molecule has 4 rings (SSSR count). The monoisotopic (exact) mass is 426 g/mol. The van der Waals surface area contributed by atoms with E-state index in [0.29, 0.717) is 24.2 Å². The highest BCUT2D eigenvalue weighted by molar-refractivity contribution is 5.68. The maximum atomic E-state index is 14.3. The van der Waals surface area contributed by atoms with Gasteiger partial charge in [0.1, 0.15) is 17.3 Å². The van der Waals surface area contributed by atoms with Crippen LogP contribution in [0, 0.1) is 17.7 Å². The lowest BCUT2D eigenvalue weighted by Gasteiger charge is -2.29. The van der Waals surface area contributed by atoms with Crippen molar-refractivity contribution in [1.82, 2.24) is 0 Å². The summed E-state index contributed by atoms with van der Waals surface area (Å²) in [5.74, 6) is 1.87. The fourth-order valence-electron chi connectivity index (χ4n) is 4.89. The molecular formula is C26H31FO4. The van der Waals surface area contributed by atoms with Gasteiger partial charge in [0.15, 0.2) is 0 Å². The van der Waals surface area contributed by atoms with Crippen LogP contribution in [0.2, 0.25) is 0 Å². The van der Waals surface area contributed by atoms with Crippen molar-refractivity contribution < 1.29 is 23.8 Å². The summed E-state index contributed by atoms with van der Waals surface area (Å²) >= 11 is 0. The Labute approximate surface area is 183 Å². The van der Waals surface area contributed by atoms with Gasteiger partial charge in [0.05, 0.1) is 20.1 Å². The summed E-state index contributed by atoms with van der Waals surface area (Å²) in [6, 6.07) is 12.9. The van der Waals surface area contributed by atoms with E-state index in [4.69, 9.17) is 9.47 Å². The fourth-order valence-corrected chi connectivity index (χ4v) is 4.89. The van der Waals surface area contributed by atoms with Gasteiger partial charge in [-0.3, -0.25) is 4.79 Å². The summed E-state index contributed by atoms with van der Waals surface area (Å²) in [6.07, 6.45) is 6.30. The first-order valence-electron chi connectivity index (χ1n) is 11.3. The van der Waals surface area contributed by atoms with Gasteiger partial charge >= 0.3 is 5.97 Å². The molecular weight excluding hydrogens is 395 g/mol. The van der Waals surface area contributed by atoms with Gasteiger partial charge in [-0.05, 0) is 104 Å². The second-order valence-electron chi connectivity index (χ2n) is 9.03. The predicted octanol–water partition coefficient (Wildman–Crippen LogP) is 6.16. The van der Waals surface area contributed by atoms with E-state index in [1.165, 1.54) is 6.07 Å². The van der Waals surface area contributed by atoms with Crippen LogP contribution in [0.3, 0.4) is 0 Å². The summed E-state index contributed by atoms with van der Waals surface area (Å²) in [4.78, 5) is 11.3. The number of hydrogen-bond acceptors (Lipinski definition) is 3. The minimum atomic E-state index is -0.743. The van der Waals surface area contributed by atoms with Crippen LogP contribution in [0.1, 0.15) is 67.9 Å². The van der Waals surface area contributed by atoms with Crippen molar-refractivity contribution in [2.45, 2.75) is 56.8 Å². The summed E-state index contributed by atoms with van der Waals surface area (Å²) in [5.41, 5.74) is 1.83. The molecule has 1 atom stereocenters. The second-order valence-corrected chi connectivity index (χ2v) is 9.03. The third-order valence-electron chi connectivity index (χ3n) is 6.85. The normalized spacial score (nSPS) is 22.0. The Kier molecular flexibility index (Phi) is 6.79. The van der Waals surface area contributed by atoms with E-state index in [9.17, 15) is 14.3 Å². The maximum absolute atomic E-state index is 14.3. The Bertz CT molecular complexity index is 900. The molecule has 2 aliphatic rings. The molecule has 4 nitrogen and oxygen atoms in total. The first-order chi connectivity index (χ1) is 15.0. The number of carboxylic acid groups (broad SMARTS) is 1. The maximum Gasteiger partial charge on any atom is 0.303 e. The van der Waals surface area contributed by atoms with Crippen molar-refractivity contribution in [3.63, 3.8) is 0 Å². The van der Waals surface area contributed by atoms with E-state index in [1.807, 2.05) is 30.3 Å². The molecule has 0 aliphatic heterocycles. The van der Waals surface area contributed by atoms with E-state index in [-0.39, 0.29) is 24.1 Å². The van der Waals surface area contributed by atoms with E-state index in [1.54, 1.807) is 13.2 Å². The molecule has 2 aliphatic carbocycles. The molecule has 1 unspecified atom stereocenters. The second kappa shape index (κ2) is 9.71. The molecule has 2 fully saturated rings. The molecule has 0 spiro atoms. The van der Waals surface area contributed by atoms with Crippen LogP contribution in [-0.2, 0) is 4.79 Å². The summed E-state index contributed by atoms with van der Waals surface area (Å²) < 4.78 is 25.6. The number of ether oxygens (including phenoxy) is 2. The number of methoxy groups -OCH3 is 1. The molecule has 2 aromatic rings. The van der Waals surface area contributed by atoms with Gasteiger partial charge in [-0.25, -0.2) is 4.39 Å². The van der Waals surface area contributed by atoms with Gasteiger partial charge in [-0.15, -0.1) is 0 Å². The number of aliphatic carboxylic acids is 1. The SMILES string of the molecule is COc1ccc(F)c([C@H]2CC[C@@H](COc3cccc(C(CC(=O)O)C4CC4)c3)CC2)c1. The largest absolute Gasteiger partial charge is 0.497 e. The average Bonchev–Trinajstić information content (AvgIpc) is 3.62. The van der Waals surface area contributed by atoms with E-state index in [0.717, 1.165) is 55.4 Å². The molecule has 5 heteroatoms. The number of hydrogen-bond donors (Lipinski definition) is 1. The molecule has 0 aromatic heterocycles. The Morgan fingerprint density at radius 2 is 1.84 bits per heavy atom. The van der Waals surface area contributed by atoms with Crippen LogP contribution in [0.5, 0.6) is 11.5 Å². The molecule has 1 N–H and O–H groups in total. The number of carbonyl (C=O) groups is 1. The molecule has 0 radical (unpaired) electrons. The van der Waals surface area contributed by atoms with Crippen LogP contribution in [0.4, 0.5) is 4.39 Å². The van der Waals surface area contributed by atoms with Crippen molar-refractivity contribution in [2.75, 3.05) is 13.7 Å². The lowest BCUT2D eigenvalue weighted by molar-refractivity contribution is -0.137. The van der Waals surface area contributed by atoms with Crippen LogP contribution in [-0.4, -0.2) is 24.8 Å². The van der Waals surface area contributed by atoms with Crippen LogP contribution < -0.4 is 9.47 Å². The van der Waals surface area contributed by atoms with E-state index in [2.05, 4.69) is 0 Å². The van der Waals surface area contributed by atoms with Crippen molar-refractivity contribution in [2.24, 2.45) is 11.8 Å². The third-order valence-corrected chi connectivity index (χ3v) is 6.85. The van der Waals surface area contributed by atoms with Gasteiger partial charge in [-0.1, -0.05) is 12.1 Å². The Hall–Kier alpha value is -2.56. The molecule has 31 heavy (non-hydrogen) atoms. The first kappa shape index (κ1) is 21.7. The minimum absolute atomic E-state index is 0.0780. The van der Waals surface area contributed by atoms with Crippen molar-refractivity contribution in [3.8, 4) is 11.5 Å². The van der Waals surface area contributed by atoms with Crippen LogP contribution in [0.15, 0.2) is 42.5 Å². The third kappa shape index (κ3) is 5.57. The summed E-state index contributed by atoms with van der Waals surface area (Å²) in [7, 11) is 1.61. The van der Waals surface area contributed by atoms with Gasteiger partial charge in [0, 0.05) is 0 Å². The minimum Gasteiger partial charge on any atom is -0.497 e. The van der Waals surface area contributed by atoms with Crippen molar-refractivity contribution in [1.29, 1.82) is 0 Å². The molecule has 0 amide bonds. The topological polar surface area (TPSA) is 55.8 Å². The van der Waals surface area contributed by atoms with E-state index < -0.39 is 5.97 Å².